The minimum absolute atomic E-state index is 0.0392. The first-order valence-corrected chi connectivity index (χ1v) is 5.05. The van der Waals surface area contributed by atoms with Crippen molar-refractivity contribution in [3.8, 4) is 11.1 Å². The number of halogens is 3. The average Bonchev–Trinajstić information content (AvgIpc) is 2.28. The van der Waals surface area contributed by atoms with E-state index in [-0.39, 0.29) is 6.54 Å². The van der Waals surface area contributed by atoms with Crippen molar-refractivity contribution in [1.29, 1.82) is 0 Å². The van der Waals surface area contributed by atoms with Crippen LogP contribution in [0.15, 0.2) is 36.4 Å². The lowest BCUT2D eigenvalue weighted by Gasteiger charge is -2.06. The molecule has 0 aliphatic rings. The molecule has 2 N–H and O–H groups in total. The van der Waals surface area contributed by atoms with Crippen LogP contribution in [0.25, 0.3) is 11.1 Å². The van der Waals surface area contributed by atoms with Gasteiger partial charge in [-0.2, -0.15) is 0 Å². The Labute approximate surface area is 96.7 Å². The fraction of sp³-hybridized carbons (Fsp3) is 0.0769. The molecule has 88 valence electrons. The molecule has 2 rings (SSSR count). The third-order valence-electron chi connectivity index (χ3n) is 2.46. The van der Waals surface area contributed by atoms with Gasteiger partial charge in [-0.05, 0) is 35.4 Å². The second kappa shape index (κ2) is 4.59. The van der Waals surface area contributed by atoms with E-state index in [0.717, 1.165) is 6.07 Å². The van der Waals surface area contributed by atoms with E-state index in [1.807, 2.05) is 0 Å². The summed E-state index contributed by atoms with van der Waals surface area (Å²) in [6.45, 7) is 0.0392. The van der Waals surface area contributed by atoms with Crippen LogP contribution < -0.4 is 5.73 Å². The Bertz CT molecular complexity index is 532. The van der Waals surface area contributed by atoms with Gasteiger partial charge in [0.25, 0.3) is 0 Å². The van der Waals surface area contributed by atoms with E-state index < -0.39 is 17.5 Å². The lowest BCUT2D eigenvalue weighted by molar-refractivity contribution is 0.584. The van der Waals surface area contributed by atoms with Crippen LogP contribution in [0, 0.1) is 17.5 Å². The Morgan fingerprint density at radius 3 is 2.06 bits per heavy atom. The number of hydrogen-bond acceptors (Lipinski definition) is 1. The molecule has 0 unspecified atom stereocenters. The normalized spacial score (nSPS) is 10.6. The fourth-order valence-electron chi connectivity index (χ4n) is 1.63. The van der Waals surface area contributed by atoms with Crippen LogP contribution in [0.3, 0.4) is 0 Å². The third kappa shape index (κ3) is 2.47. The van der Waals surface area contributed by atoms with Gasteiger partial charge in [0, 0.05) is 18.2 Å². The zero-order valence-electron chi connectivity index (χ0n) is 8.88. The van der Waals surface area contributed by atoms with Crippen molar-refractivity contribution in [1.82, 2.24) is 0 Å². The van der Waals surface area contributed by atoms with E-state index in [4.69, 9.17) is 5.73 Å². The molecule has 2 aromatic carbocycles. The molecule has 17 heavy (non-hydrogen) atoms. The Morgan fingerprint density at radius 1 is 0.824 bits per heavy atom. The van der Waals surface area contributed by atoms with Gasteiger partial charge in [0.15, 0.2) is 0 Å². The van der Waals surface area contributed by atoms with Crippen molar-refractivity contribution in [2.75, 3.05) is 0 Å². The molecule has 0 aliphatic carbocycles. The molecule has 0 amide bonds. The Hall–Kier alpha value is -1.81. The lowest BCUT2D eigenvalue weighted by atomic mass is 10.0. The molecule has 0 heterocycles. The molecule has 0 aliphatic heterocycles. The third-order valence-corrected chi connectivity index (χ3v) is 2.46. The highest BCUT2D eigenvalue weighted by atomic mass is 19.1. The second-order valence-electron chi connectivity index (χ2n) is 3.67. The largest absolute Gasteiger partial charge is 0.326 e. The molecule has 0 radical (unpaired) electrons. The molecule has 0 bridgehead atoms. The first-order valence-electron chi connectivity index (χ1n) is 5.05. The van der Waals surface area contributed by atoms with Gasteiger partial charge >= 0.3 is 0 Å². The van der Waals surface area contributed by atoms with Gasteiger partial charge < -0.3 is 5.73 Å². The smallest absolute Gasteiger partial charge is 0.127 e. The molecule has 0 spiro atoms. The molecule has 0 atom stereocenters. The van der Waals surface area contributed by atoms with Crippen molar-refractivity contribution in [3.05, 3.63) is 59.4 Å². The van der Waals surface area contributed by atoms with Crippen LogP contribution in [0.5, 0.6) is 0 Å². The van der Waals surface area contributed by atoms with E-state index in [0.29, 0.717) is 16.7 Å². The number of benzene rings is 2. The minimum atomic E-state index is -0.668. The zero-order chi connectivity index (χ0) is 12.4. The molecular formula is C13H10F3N. The van der Waals surface area contributed by atoms with Gasteiger partial charge in [-0.1, -0.05) is 6.07 Å². The topological polar surface area (TPSA) is 26.0 Å². The monoisotopic (exact) mass is 237 g/mol. The standard InChI is InChI=1S/C13H10F3N/c14-11-4-9(5-12(15)6-11)8-1-2-13(16)10(3-8)7-17/h1-6H,7,17H2. The van der Waals surface area contributed by atoms with E-state index in [9.17, 15) is 13.2 Å². The highest BCUT2D eigenvalue weighted by molar-refractivity contribution is 5.64. The van der Waals surface area contributed by atoms with Crippen molar-refractivity contribution in [3.63, 3.8) is 0 Å². The zero-order valence-corrected chi connectivity index (χ0v) is 8.88. The predicted octanol–water partition coefficient (Wildman–Crippen LogP) is 3.23. The molecular weight excluding hydrogens is 227 g/mol. The molecule has 0 saturated heterocycles. The highest BCUT2D eigenvalue weighted by Gasteiger charge is 2.06. The summed E-state index contributed by atoms with van der Waals surface area (Å²) >= 11 is 0. The summed E-state index contributed by atoms with van der Waals surface area (Å²) in [6.07, 6.45) is 0. The molecule has 0 aromatic heterocycles. The summed E-state index contributed by atoms with van der Waals surface area (Å²) in [4.78, 5) is 0. The maximum Gasteiger partial charge on any atom is 0.127 e. The Kier molecular flexibility index (Phi) is 3.15. The fourth-order valence-corrected chi connectivity index (χ4v) is 1.63. The Morgan fingerprint density at radius 2 is 1.47 bits per heavy atom. The molecule has 4 heteroatoms. The van der Waals surface area contributed by atoms with Gasteiger partial charge in [0.2, 0.25) is 0 Å². The van der Waals surface area contributed by atoms with Gasteiger partial charge in [0.05, 0.1) is 0 Å². The van der Waals surface area contributed by atoms with Gasteiger partial charge in [-0.15, -0.1) is 0 Å². The predicted molar refractivity (Wildman–Crippen MR) is 59.6 cm³/mol. The van der Waals surface area contributed by atoms with Crippen molar-refractivity contribution in [2.45, 2.75) is 6.54 Å². The Balaban J connectivity index is 2.52. The van der Waals surface area contributed by atoms with Crippen LogP contribution >= 0.6 is 0 Å². The van der Waals surface area contributed by atoms with Gasteiger partial charge in [0.1, 0.15) is 17.5 Å². The van der Waals surface area contributed by atoms with E-state index >= 15 is 0 Å². The van der Waals surface area contributed by atoms with Crippen LogP contribution in [-0.4, -0.2) is 0 Å². The van der Waals surface area contributed by atoms with E-state index in [1.165, 1.54) is 30.3 Å². The quantitative estimate of drug-likeness (QED) is 0.852. The average molecular weight is 237 g/mol. The summed E-state index contributed by atoms with van der Waals surface area (Å²) in [5, 5.41) is 0. The minimum Gasteiger partial charge on any atom is -0.326 e. The molecule has 0 fully saturated rings. The van der Waals surface area contributed by atoms with E-state index in [2.05, 4.69) is 0 Å². The highest BCUT2D eigenvalue weighted by Crippen LogP contribution is 2.23. The van der Waals surface area contributed by atoms with Crippen LogP contribution in [0.4, 0.5) is 13.2 Å². The number of hydrogen-bond donors (Lipinski definition) is 1. The van der Waals surface area contributed by atoms with Crippen molar-refractivity contribution < 1.29 is 13.2 Å². The first-order chi connectivity index (χ1) is 8.10. The maximum absolute atomic E-state index is 13.2. The van der Waals surface area contributed by atoms with Crippen molar-refractivity contribution in [2.24, 2.45) is 5.73 Å². The summed E-state index contributed by atoms with van der Waals surface area (Å²) in [5.74, 6) is -1.76. The molecule has 1 nitrogen and oxygen atoms in total. The number of nitrogens with two attached hydrogens (primary N) is 1. The SMILES string of the molecule is NCc1cc(-c2cc(F)cc(F)c2)ccc1F. The van der Waals surface area contributed by atoms with E-state index in [1.54, 1.807) is 0 Å². The molecule has 0 saturated carbocycles. The summed E-state index contributed by atoms with van der Waals surface area (Å²) in [5.41, 5.74) is 6.57. The van der Waals surface area contributed by atoms with Crippen LogP contribution in [0.1, 0.15) is 5.56 Å². The summed E-state index contributed by atoms with van der Waals surface area (Å²) in [6, 6.07) is 7.36. The van der Waals surface area contributed by atoms with Gasteiger partial charge in [-0.3, -0.25) is 0 Å². The first kappa shape index (κ1) is 11.7. The van der Waals surface area contributed by atoms with Crippen LogP contribution in [0.2, 0.25) is 0 Å². The summed E-state index contributed by atoms with van der Waals surface area (Å²) < 4.78 is 39.3. The van der Waals surface area contributed by atoms with Crippen LogP contribution in [-0.2, 0) is 6.54 Å². The van der Waals surface area contributed by atoms with Gasteiger partial charge in [-0.25, -0.2) is 13.2 Å². The van der Waals surface area contributed by atoms with Crippen molar-refractivity contribution >= 4 is 0 Å². The molecule has 2 aromatic rings. The number of rotatable bonds is 2. The second-order valence-corrected chi connectivity index (χ2v) is 3.67. The lowest BCUT2D eigenvalue weighted by Crippen LogP contribution is -2.00. The maximum atomic E-state index is 13.2. The summed E-state index contributed by atoms with van der Waals surface area (Å²) in [7, 11) is 0.